The molecule has 0 bridgehead atoms. The number of nitrogens with zero attached hydrogens (tertiary/aromatic N) is 2. The van der Waals surface area contributed by atoms with Crippen LogP contribution in [0.3, 0.4) is 0 Å². The largest absolute Gasteiger partial charge is 0.495 e. The smallest absolute Gasteiger partial charge is 0.227 e. The van der Waals surface area contributed by atoms with E-state index in [1.807, 2.05) is 0 Å². The number of hydrogen-bond acceptors (Lipinski definition) is 4. The predicted molar refractivity (Wildman–Crippen MR) is 86.0 cm³/mol. The van der Waals surface area contributed by atoms with E-state index < -0.39 is 0 Å². The third-order valence-corrected chi connectivity index (χ3v) is 4.21. The number of ether oxygens (including phenoxy) is 1. The number of hydrogen-bond donors (Lipinski definition) is 1. The van der Waals surface area contributed by atoms with Gasteiger partial charge in [-0.3, -0.25) is 4.79 Å². The van der Waals surface area contributed by atoms with Crippen LogP contribution in [0.1, 0.15) is 19.3 Å². The Hall–Kier alpha value is -1.77. The SMILES string of the molecule is COc1ccc(NC(=O)C2CCN(CCC#N)CC2)cc1Cl. The molecule has 5 nitrogen and oxygen atoms in total. The van der Waals surface area contributed by atoms with Gasteiger partial charge in [-0.2, -0.15) is 5.26 Å². The van der Waals surface area contributed by atoms with E-state index in [0.29, 0.717) is 22.9 Å². The summed E-state index contributed by atoms with van der Waals surface area (Å²) in [5.74, 6) is 0.630. The summed E-state index contributed by atoms with van der Waals surface area (Å²) in [5, 5.41) is 12.0. The molecule has 1 aromatic carbocycles. The number of nitriles is 1. The highest BCUT2D eigenvalue weighted by Gasteiger charge is 2.24. The van der Waals surface area contributed by atoms with Crippen LogP contribution >= 0.6 is 11.6 Å². The van der Waals surface area contributed by atoms with Crippen molar-refractivity contribution in [2.75, 3.05) is 32.1 Å². The van der Waals surface area contributed by atoms with Crippen molar-refractivity contribution in [2.24, 2.45) is 5.92 Å². The van der Waals surface area contributed by atoms with Crippen LogP contribution in [-0.4, -0.2) is 37.6 Å². The number of carbonyl (C=O) groups is 1. The number of halogens is 1. The molecule has 0 atom stereocenters. The van der Waals surface area contributed by atoms with Gasteiger partial charge in [0.25, 0.3) is 0 Å². The second-order valence-electron chi connectivity index (χ2n) is 5.36. The fourth-order valence-corrected chi connectivity index (χ4v) is 2.87. The van der Waals surface area contributed by atoms with Crippen molar-refractivity contribution in [3.05, 3.63) is 23.2 Å². The first-order valence-corrected chi connectivity index (χ1v) is 7.75. The Morgan fingerprint density at radius 2 is 2.23 bits per heavy atom. The molecule has 1 saturated heterocycles. The molecule has 1 N–H and O–H groups in total. The molecule has 22 heavy (non-hydrogen) atoms. The number of carbonyl (C=O) groups excluding carboxylic acids is 1. The number of likely N-dealkylation sites (tertiary alicyclic amines) is 1. The maximum Gasteiger partial charge on any atom is 0.227 e. The molecule has 0 aromatic heterocycles. The summed E-state index contributed by atoms with van der Waals surface area (Å²) < 4.78 is 5.09. The fraction of sp³-hybridized carbons (Fsp3) is 0.500. The molecule has 0 unspecified atom stereocenters. The number of nitrogens with one attached hydrogen (secondary N) is 1. The molecule has 0 aliphatic carbocycles. The number of piperidine rings is 1. The first-order chi connectivity index (χ1) is 10.6. The van der Waals surface area contributed by atoms with Gasteiger partial charge in [0.05, 0.1) is 18.2 Å². The number of benzene rings is 1. The lowest BCUT2D eigenvalue weighted by molar-refractivity contribution is -0.121. The molecule has 0 saturated carbocycles. The van der Waals surface area contributed by atoms with Crippen LogP contribution in [0, 0.1) is 17.2 Å². The van der Waals surface area contributed by atoms with Crippen molar-refractivity contribution in [1.29, 1.82) is 5.26 Å². The highest BCUT2D eigenvalue weighted by molar-refractivity contribution is 6.32. The number of anilines is 1. The lowest BCUT2D eigenvalue weighted by Gasteiger charge is -2.30. The van der Waals surface area contributed by atoms with E-state index in [1.54, 1.807) is 25.3 Å². The van der Waals surface area contributed by atoms with Crippen LogP contribution in [0.4, 0.5) is 5.69 Å². The van der Waals surface area contributed by atoms with Gasteiger partial charge in [0.1, 0.15) is 5.75 Å². The number of methoxy groups -OCH3 is 1. The van der Waals surface area contributed by atoms with Crippen LogP contribution in [0.5, 0.6) is 5.75 Å². The summed E-state index contributed by atoms with van der Waals surface area (Å²) in [5.41, 5.74) is 0.683. The van der Waals surface area contributed by atoms with E-state index in [0.717, 1.165) is 32.5 Å². The van der Waals surface area contributed by atoms with Crippen LogP contribution in [0.2, 0.25) is 5.02 Å². The maximum absolute atomic E-state index is 12.3. The molecule has 6 heteroatoms. The predicted octanol–water partition coefficient (Wildman–Crippen LogP) is 2.91. The molecule has 1 aromatic rings. The molecule has 1 amide bonds. The molecule has 1 fully saturated rings. The van der Waals surface area contributed by atoms with Gasteiger partial charge in [-0.05, 0) is 44.1 Å². The van der Waals surface area contributed by atoms with Gasteiger partial charge in [-0.1, -0.05) is 11.6 Å². The van der Waals surface area contributed by atoms with Gasteiger partial charge in [-0.25, -0.2) is 0 Å². The van der Waals surface area contributed by atoms with Crippen LogP contribution in [-0.2, 0) is 4.79 Å². The third-order valence-electron chi connectivity index (χ3n) is 3.92. The van der Waals surface area contributed by atoms with Gasteiger partial charge < -0.3 is 15.0 Å². The molecule has 1 aliphatic heterocycles. The molecular formula is C16H20ClN3O2. The Morgan fingerprint density at radius 3 is 2.82 bits per heavy atom. The van der Waals surface area contributed by atoms with Gasteiger partial charge in [0, 0.05) is 24.6 Å². The Labute approximate surface area is 135 Å². The number of rotatable bonds is 5. The minimum absolute atomic E-state index is 0.0132. The highest BCUT2D eigenvalue weighted by atomic mass is 35.5. The quantitative estimate of drug-likeness (QED) is 0.905. The topological polar surface area (TPSA) is 65.4 Å². The third kappa shape index (κ3) is 4.36. The van der Waals surface area contributed by atoms with E-state index in [4.69, 9.17) is 21.6 Å². The summed E-state index contributed by atoms with van der Waals surface area (Å²) in [6.45, 7) is 2.52. The van der Waals surface area contributed by atoms with Crippen LogP contribution in [0.15, 0.2) is 18.2 Å². The first-order valence-electron chi connectivity index (χ1n) is 7.37. The standard InChI is InChI=1S/C16H20ClN3O2/c1-22-15-4-3-13(11-14(15)17)19-16(21)12-5-9-20(10-6-12)8-2-7-18/h3-4,11-12H,2,5-6,8-10H2,1H3,(H,19,21). The fourth-order valence-electron chi connectivity index (χ4n) is 2.62. The van der Waals surface area contributed by atoms with Gasteiger partial charge >= 0.3 is 0 Å². The average Bonchev–Trinajstić information content (AvgIpc) is 2.53. The van der Waals surface area contributed by atoms with Gasteiger partial charge in [-0.15, -0.1) is 0 Å². The Balaban J connectivity index is 1.86. The summed E-state index contributed by atoms with van der Waals surface area (Å²) in [6, 6.07) is 7.37. The average molecular weight is 322 g/mol. The zero-order chi connectivity index (χ0) is 15.9. The van der Waals surface area contributed by atoms with E-state index in [9.17, 15) is 4.79 Å². The molecule has 1 heterocycles. The van der Waals surface area contributed by atoms with Crippen molar-refractivity contribution in [1.82, 2.24) is 4.90 Å². The summed E-state index contributed by atoms with van der Waals surface area (Å²) in [4.78, 5) is 14.5. The van der Waals surface area contributed by atoms with E-state index in [-0.39, 0.29) is 11.8 Å². The summed E-state index contributed by atoms with van der Waals surface area (Å²) >= 11 is 6.06. The van der Waals surface area contributed by atoms with E-state index >= 15 is 0 Å². The normalized spacial score (nSPS) is 16.0. The maximum atomic E-state index is 12.3. The van der Waals surface area contributed by atoms with Crippen molar-refractivity contribution in [3.8, 4) is 11.8 Å². The lowest BCUT2D eigenvalue weighted by Crippen LogP contribution is -2.38. The molecular weight excluding hydrogens is 302 g/mol. The van der Waals surface area contributed by atoms with Crippen LogP contribution < -0.4 is 10.1 Å². The van der Waals surface area contributed by atoms with Crippen molar-refractivity contribution >= 4 is 23.2 Å². The zero-order valence-corrected chi connectivity index (χ0v) is 13.4. The lowest BCUT2D eigenvalue weighted by atomic mass is 9.95. The minimum Gasteiger partial charge on any atom is -0.495 e. The van der Waals surface area contributed by atoms with Crippen molar-refractivity contribution < 1.29 is 9.53 Å². The Morgan fingerprint density at radius 1 is 1.50 bits per heavy atom. The van der Waals surface area contributed by atoms with E-state index in [1.165, 1.54) is 0 Å². The van der Waals surface area contributed by atoms with Crippen molar-refractivity contribution in [3.63, 3.8) is 0 Å². The van der Waals surface area contributed by atoms with E-state index in [2.05, 4.69) is 16.3 Å². The van der Waals surface area contributed by atoms with Gasteiger partial charge in [0.15, 0.2) is 0 Å². The minimum atomic E-state index is 0.0132. The monoisotopic (exact) mass is 321 g/mol. The Bertz CT molecular complexity index is 563. The second kappa shape index (κ2) is 8.02. The summed E-state index contributed by atoms with van der Waals surface area (Å²) in [6.07, 6.45) is 2.18. The number of amides is 1. The molecule has 118 valence electrons. The van der Waals surface area contributed by atoms with Gasteiger partial charge in [0.2, 0.25) is 5.91 Å². The summed E-state index contributed by atoms with van der Waals surface area (Å²) in [7, 11) is 1.56. The Kier molecular flexibility index (Phi) is 6.05. The molecule has 0 spiro atoms. The van der Waals surface area contributed by atoms with Crippen molar-refractivity contribution in [2.45, 2.75) is 19.3 Å². The second-order valence-corrected chi connectivity index (χ2v) is 5.77. The molecule has 1 aliphatic rings. The van der Waals surface area contributed by atoms with Crippen LogP contribution in [0.25, 0.3) is 0 Å². The first kappa shape index (κ1) is 16.6. The highest BCUT2D eigenvalue weighted by Crippen LogP contribution is 2.28. The zero-order valence-electron chi connectivity index (χ0n) is 12.6. The molecule has 0 radical (unpaired) electrons. The molecule has 2 rings (SSSR count).